The third-order valence-corrected chi connectivity index (χ3v) is 2.56. The van der Waals surface area contributed by atoms with E-state index in [1.165, 1.54) is 25.0 Å². The van der Waals surface area contributed by atoms with Crippen LogP contribution in [0.3, 0.4) is 0 Å². The van der Waals surface area contributed by atoms with Gasteiger partial charge in [0, 0.05) is 12.7 Å². The third kappa shape index (κ3) is 4.47. The summed E-state index contributed by atoms with van der Waals surface area (Å²) in [4.78, 5) is 0. The Bertz CT molecular complexity index is 278. The minimum Gasteiger partial charge on any atom is -0.317 e. The molecule has 1 aromatic heterocycles. The number of nitrogens with one attached hydrogen (secondary N) is 1. The van der Waals surface area contributed by atoms with E-state index in [1.807, 2.05) is 18.7 Å². The van der Waals surface area contributed by atoms with Gasteiger partial charge < -0.3 is 5.32 Å². The van der Waals surface area contributed by atoms with Crippen molar-refractivity contribution in [3.05, 3.63) is 17.5 Å². The van der Waals surface area contributed by atoms with Crippen molar-refractivity contribution in [2.24, 2.45) is 7.05 Å². The fourth-order valence-corrected chi connectivity index (χ4v) is 1.76. The van der Waals surface area contributed by atoms with Crippen LogP contribution < -0.4 is 5.32 Å². The van der Waals surface area contributed by atoms with E-state index in [-0.39, 0.29) is 0 Å². The molecule has 0 bridgehead atoms. The van der Waals surface area contributed by atoms with Crippen molar-refractivity contribution in [1.82, 2.24) is 15.1 Å². The van der Waals surface area contributed by atoms with E-state index in [2.05, 4.69) is 23.4 Å². The average Bonchev–Trinajstić information content (AvgIpc) is 2.51. The van der Waals surface area contributed by atoms with E-state index in [4.69, 9.17) is 0 Å². The van der Waals surface area contributed by atoms with Crippen LogP contribution in [0.2, 0.25) is 0 Å². The van der Waals surface area contributed by atoms with Crippen molar-refractivity contribution >= 4 is 0 Å². The zero-order chi connectivity index (χ0) is 11.1. The second kappa shape index (κ2) is 6.62. The monoisotopic (exact) mass is 209 g/mol. The third-order valence-electron chi connectivity index (χ3n) is 2.56. The van der Waals surface area contributed by atoms with Crippen molar-refractivity contribution in [3.63, 3.8) is 0 Å². The normalized spacial score (nSPS) is 10.9. The largest absolute Gasteiger partial charge is 0.317 e. The van der Waals surface area contributed by atoms with Gasteiger partial charge in [-0.3, -0.25) is 4.68 Å². The lowest BCUT2D eigenvalue weighted by atomic mass is 10.2. The van der Waals surface area contributed by atoms with Crippen LogP contribution in [0.4, 0.5) is 0 Å². The van der Waals surface area contributed by atoms with Crippen LogP contribution in [-0.2, 0) is 13.5 Å². The van der Waals surface area contributed by atoms with Crippen LogP contribution in [0.15, 0.2) is 6.07 Å². The Labute approximate surface area is 92.9 Å². The first-order valence-electron chi connectivity index (χ1n) is 5.94. The molecule has 86 valence electrons. The minimum atomic E-state index is 1.12. The van der Waals surface area contributed by atoms with Gasteiger partial charge in [0.2, 0.25) is 0 Å². The van der Waals surface area contributed by atoms with Crippen molar-refractivity contribution in [2.45, 2.75) is 39.5 Å². The smallest absolute Gasteiger partial charge is 0.0596 e. The highest BCUT2D eigenvalue weighted by Gasteiger charge is 2.00. The van der Waals surface area contributed by atoms with E-state index in [0.717, 1.165) is 25.2 Å². The first kappa shape index (κ1) is 12.2. The zero-order valence-corrected chi connectivity index (χ0v) is 10.2. The van der Waals surface area contributed by atoms with E-state index >= 15 is 0 Å². The molecule has 0 radical (unpaired) electrons. The molecule has 15 heavy (non-hydrogen) atoms. The predicted octanol–water partition coefficient (Wildman–Crippen LogP) is 2.05. The van der Waals surface area contributed by atoms with Gasteiger partial charge in [0.25, 0.3) is 0 Å². The van der Waals surface area contributed by atoms with Gasteiger partial charge in [0.05, 0.1) is 5.69 Å². The second-order valence-electron chi connectivity index (χ2n) is 4.11. The molecule has 0 fully saturated rings. The molecule has 0 aromatic carbocycles. The Morgan fingerprint density at radius 2 is 2.13 bits per heavy atom. The molecule has 0 atom stereocenters. The minimum absolute atomic E-state index is 1.12. The first-order chi connectivity index (χ1) is 7.24. The van der Waals surface area contributed by atoms with Gasteiger partial charge in [0.15, 0.2) is 0 Å². The van der Waals surface area contributed by atoms with Crippen molar-refractivity contribution in [1.29, 1.82) is 0 Å². The van der Waals surface area contributed by atoms with E-state index in [0.29, 0.717) is 0 Å². The average molecular weight is 209 g/mol. The molecule has 3 nitrogen and oxygen atoms in total. The van der Waals surface area contributed by atoms with Gasteiger partial charge in [-0.15, -0.1) is 0 Å². The molecule has 0 amide bonds. The highest BCUT2D eigenvalue weighted by Crippen LogP contribution is 2.05. The first-order valence-corrected chi connectivity index (χ1v) is 5.94. The Morgan fingerprint density at radius 3 is 2.73 bits per heavy atom. The summed E-state index contributed by atoms with van der Waals surface area (Å²) in [6.07, 6.45) is 4.87. The van der Waals surface area contributed by atoms with Gasteiger partial charge in [-0.2, -0.15) is 5.10 Å². The maximum atomic E-state index is 4.34. The van der Waals surface area contributed by atoms with Gasteiger partial charge in [0.1, 0.15) is 0 Å². The maximum Gasteiger partial charge on any atom is 0.0596 e. The molecule has 1 aromatic rings. The summed E-state index contributed by atoms with van der Waals surface area (Å²) in [7, 11) is 2.03. The SMILES string of the molecule is CCCNCCCCc1cc(C)nn1C. The lowest BCUT2D eigenvalue weighted by molar-refractivity contribution is 0.601. The molecular weight excluding hydrogens is 186 g/mol. The molecule has 0 aliphatic heterocycles. The summed E-state index contributed by atoms with van der Waals surface area (Å²) in [6.45, 7) is 6.53. The van der Waals surface area contributed by atoms with Gasteiger partial charge in [-0.05, 0) is 51.8 Å². The molecular formula is C12H23N3. The zero-order valence-electron chi connectivity index (χ0n) is 10.2. The summed E-state index contributed by atoms with van der Waals surface area (Å²) >= 11 is 0. The molecule has 0 saturated carbocycles. The van der Waals surface area contributed by atoms with E-state index in [9.17, 15) is 0 Å². The number of hydrogen-bond acceptors (Lipinski definition) is 2. The number of hydrogen-bond donors (Lipinski definition) is 1. The van der Waals surface area contributed by atoms with Crippen molar-refractivity contribution < 1.29 is 0 Å². The molecule has 0 unspecified atom stereocenters. The number of nitrogens with zero attached hydrogens (tertiary/aromatic N) is 2. The summed E-state index contributed by atoms with van der Waals surface area (Å²) in [5, 5.41) is 7.76. The molecule has 0 aliphatic carbocycles. The quantitative estimate of drug-likeness (QED) is 0.697. The van der Waals surface area contributed by atoms with Crippen LogP contribution in [0.25, 0.3) is 0 Å². The molecule has 0 aliphatic rings. The lowest BCUT2D eigenvalue weighted by Crippen LogP contribution is -2.16. The van der Waals surface area contributed by atoms with Crippen LogP contribution in [0.5, 0.6) is 0 Å². The molecule has 1 rings (SSSR count). The predicted molar refractivity (Wildman–Crippen MR) is 64.0 cm³/mol. The Morgan fingerprint density at radius 1 is 1.33 bits per heavy atom. The van der Waals surface area contributed by atoms with E-state index in [1.54, 1.807) is 0 Å². The fraction of sp³-hybridized carbons (Fsp3) is 0.750. The molecule has 1 N–H and O–H groups in total. The molecule has 0 saturated heterocycles. The summed E-state index contributed by atoms with van der Waals surface area (Å²) in [6, 6.07) is 2.18. The van der Waals surface area contributed by atoms with Crippen LogP contribution in [-0.4, -0.2) is 22.9 Å². The van der Waals surface area contributed by atoms with Gasteiger partial charge >= 0.3 is 0 Å². The summed E-state index contributed by atoms with van der Waals surface area (Å²) < 4.78 is 1.99. The number of aromatic nitrogens is 2. The van der Waals surface area contributed by atoms with Crippen molar-refractivity contribution in [2.75, 3.05) is 13.1 Å². The summed E-state index contributed by atoms with van der Waals surface area (Å²) in [5.74, 6) is 0. The van der Waals surface area contributed by atoms with Gasteiger partial charge in [-0.25, -0.2) is 0 Å². The number of aryl methyl sites for hydroxylation is 3. The van der Waals surface area contributed by atoms with Crippen LogP contribution in [0.1, 0.15) is 37.6 Å². The van der Waals surface area contributed by atoms with E-state index < -0.39 is 0 Å². The topological polar surface area (TPSA) is 29.9 Å². The number of rotatable bonds is 7. The lowest BCUT2D eigenvalue weighted by Gasteiger charge is -2.03. The summed E-state index contributed by atoms with van der Waals surface area (Å²) in [5.41, 5.74) is 2.47. The number of unbranched alkanes of at least 4 members (excludes halogenated alkanes) is 1. The Balaban J connectivity index is 2.12. The molecule has 1 heterocycles. The Hall–Kier alpha value is -0.830. The molecule has 3 heteroatoms. The van der Waals surface area contributed by atoms with Gasteiger partial charge in [-0.1, -0.05) is 6.92 Å². The van der Waals surface area contributed by atoms with Crippen LogP contribution >= 0.6 is 0 Å². The highest BCUT2D eigenvalue weighted by atomic mass is 15.3. The Kier molecular flexibility index (Phi) is 5.40. The maximum absolute atomic E-state index is 4.34. The fourth-order valence-electron chi connectivity index (χ4n) is 1.76. The standard InChI is InChI=1S/C12H23N3/c1-4-8-13-9-6-5-7-12-10-11(2)14-15(12)3/h10,13H,4-9H2,1-3H3. The van der Waals surface area contributed by atoms with Crippen LogP contribution in [0, 0.1) is 6.92 Å². The highest BCUT2D eigenvalue weighted by molar-refractivity contribution is 5.08. The van der Waals surface area contributed by atoms with Crippen molar-refractivity contribution in [3.8, 4) is 0 Å². The second-order valence-corrected chi connectivity index (χ2v) is 4.11. The molecule has 0 spiro atoms.